The van der Waals surface area contributed by atoms with Crippen molar-refractivity contribution in [3.05, 3.63) is 23.3 Å². The first-order valence-corrected chi connectivity index (χ1v) is 6.06. The van der Waals surface area contributed by atoms with E-state index in [2.05, 4.69) is 6.08 Å². The molecule has 16 heavy (non-hydrogen) atoms. The number of rotatable bonds is 2. The van der Waals surface area contributed by atoms with Crippen LogP contribution in [0.25, 0.3) is 0 Å². The van der Waals surface area contributed by atoms with Crippen LogP contribution in [-0.2, 0) is 0 Å². The summed E-state index contributed by atoms with van der Waals surface area (Å²) in [6.07, 6.45) is 5.27. The van der Waals surface area contributed by atoms with Crippen molar-refractivity contribution in [3.8, 4) is 0 Å². The SMILES string of the molecule is CC.CCC1(C)C=CC(C)=C(C(C)(F)F)C1. The molecule has 1 atom stereocenters. The van der Waals surface area contributed by atoms with Crippen molar-refractivity contribution in [2.75, 3.05) is 0 Å². The van der Waals surface area contributed by atoms with Crippen LogP contribution in [0.5, 0.6) is 0 Å². The molecule has 0 amide bonds. The van der Waals surface area contributed by atoms with Gasteiger partial charge in [-0.1, -0.05) is 39.8 Å². The molecule has 0 saturated heterocycles. The van der Waals surface area contributed by atoms with Gasteiger partial charge in [0.25, 0.3) is 5.92 Å². The Labute approximate surface area is 98.4 Å². The maximum Gasteiger partial charge on any atom is 0.267 e. The first-order chi connectivity index (χ1) is 7.28. The van der Waals surface area contributed by atoms with Crippen LogP contribution in [0.15, 0.2) is 23.3 Å². The van der Waals surface area contributed by atoms with Crippen LogP contribution in [0.3, 0.4) is 0 Å². The van der Waals surface area contributed by atoms with E-state index in [4.69, 9.17) is 0 Å². The average Bonchev–Trinajstić information content (AvgIpc) is 2.23. The summed E-state index contributed by atoms with van der Waals surface area (Å²) in [7, 11) is 0. The Kier molecular flexibility index (Phi) is 5.37. The molecule has 0 fully saturated rings. The van der Waals surface area contributed by atoms with Crippen LogP contribution in [0.4, 0.5) is 8.78 Å². The third-order valence-corrected chi connectivity index (χ3v) is 3.13. The molecule has 1 unspecified atom stereocenters. The Bertz CT molecular complexity index is 282. The topological polar surface area (TPSA) is 0 Å². The van der Waals surface area contributed by atoms with E-state index in [1.165, 1.54) is 0 Å². The molecule has 0 aliphatic heterocycles. The molecule has 0 aromatic carbocycles. The lowest BCUT2D eigenvalue weighted by Gasteiger charge is -2.32. The van der Waals surface area contributed by atoms with E-state index in [1.54, 1.807) is 6.92 Å². The van der Waals surface area contributed by atoms with Crippen molar-refractivity contribution in [3.63, 3.8) is 0 Å². The number of hydrogen-bond donors (Lipinski definition) is 0. The van der Waals surface area contributed by atoms with Crippen molar-refractivity contribution in [2.24, 2.45) is 5.41 Å². The van der Waals surface area contributed by atoms with E-state index in [-0.39, 0.29) is 5.41 Å². The second-order valence-corrected chi connectivity index (χ2v) is 4.57. The molecule has 0 N–H and O–H groups in total. The Balaban J connectivity index is 0.00000106. The van der Waals surface area contributed by atoms with Crippen LogP contribution in [0, 0.1) is 5.41 Å². The molecule has 0 saturated carbocycles. The molecule has 0 heterocycles. The van der Waals surface area contributed by atoms with Crippen LogP contribution < -0.4 is 0 Å². The molecule has 1 rings (SSSR count). The fraction of sp³-hybridized carbons (Fsp3) is 0.714. The molecule has 1 aliphatic carbocycles. The highest BCUT2D eigenvalue weighted by molar-refractivity contribution is 5.34. The summed E-state index contributed by atoms with van der Waals surface area (Å²) in [6, 6.07) is 0. The van der Waals surface area contributed by atoms with Gasteiger partial charge in [0.2, 0.25) is 0 Å². The molecule has 0 bridgehead atoms. The lowest BCUT2D eigenvalue weighted by atomic mass is 9.75. The lowest BCUT2D eigenvalue weighted by Crippen LogP contribution is -2.25. The molecule has 0 radical (unpaired) electrons. The maximum atomic E-state index is 13.2. The number of allylic oxidation sites excluding steroid dienone is 4. The van der Waals surface area contributed by atoms with Gasteiger partial charge in [0, 0.05) is 12.5 Å². The predicted molar refractivity (Wildman–Crippen MR) is 66.8 cm³/mol. The van der Waals surface area contributed by atoms with Crippen LogP contribution >= 0.6 is 0 Å². The number of hydrogen-bond acceptors (Lipinski definition) is 0. The zero-order chi connectivity index (χ0) is 13.0. The first-order valence-electron chi connectivity index (χ1n) is 6.06. The van der Waals surface area contributed by atoms with Crippen LogP contribution in [0.1, 0.15) is 54.4 Å². The maximum absolute atomic E-state index is 13.2. The zero-order valence-corrected chi connectivity index (χ0v) is 11.3. The average molecular weight is 230 g/mol. The number of halogens is 2. The van der Waals surface area contributed by atoms with Crippen molar-refractivity contribution < 1.29 is 8.78 Å². The minimum Gasteiger partial charge on any atom is -0.202 e. The number of alkyl halides is 2. The van der Waals surface area contributed by atoms with E-state index in [9.17, 15) is 8.78 Å². The highest BCUT2D eigenvalue weighted by atomic mass is 19.3. The standard InChI is InChI=1S/C12H18F2.C2H6/c1-5-11(3)7-6-9(2)10(8-11)12(4,13)14;1-2/h6-7H,5,8H2,1-4H3;1-2H3. The van der Waals surface area contributed by atoms with E-state index in [0.29, 0.717) is 12.0 Å². The third-order valence-electron chi connectivity index (χ3n) is 3.13. The summed E-state index contributed by atoms with van der Waals surface area (Å²) in [5.74, 6) is -2.68. The van der Waals surface area contributed by atoms with Crippen molar-refractivity contribution in [1.82, 2.24) is 0 Å². The van der Waals surface area contributed by atoms with Crippen molar-refractivity contribution >= 4 is 0 Å². The van der Waals surface area contributed by atoms with Gasteiger partial charge in [0.1, 0.15) is 0 Å². The summed E-state index contributed by atoms with van der Waals surface area (Å²) in [6.45, 7) is 10.8. The molecular weight excluding hydrogens is 206 g/mol. The molecule has 1 aliphatic rings. The molecular formula is C14H24F2. The second kappa shape index (κ2) is 5.60. The van der Waals surface area contributed by atoms with Gasteiger partial charge in [-0.3, -0.25) is 0 Å². The van der Waals surface area contributed by atoms with Gasteiger partial charge in [-0.25, -0.2) is 8.78 Å². The van der Waals surface area contributed by atoms with Gasteiger partial charge in [-0.2, -0.15) is 0 Å². The highest BCUT2D eigenvalue weighted by Gasteiger charge is 2.35. The second-order valence-electron chi connectivity index (χ2n) is 4.57. The third kappa shape index (κ3) is 3.73. The summed E-state index contributed by atoms with van der Waals surface area (Å²) < 4.78 is 26.5. The monoisotopic (exact) mass is 230 g/mol. The smallest absolute Gasteiger partial charge is 0.202 e. The van der Waals surface area contributed by atoms with Gasteiger partial charge < -0.3 is 0 Å². The minimum absolute atomic E-state index is 0.0890. The molecule has 0 nitrogen and oxygen atoms in total. The molecule has 0 aromatic rings. The van der Waals surface area contributed by atoms with E-state index < -0.39 is 5.92 Å². The summed E-state index contributed by atoms with van der Waals surface area (Å²) in [5.41, 5.74) is 0.932. The predicted octanol–water partition coefficient (Wildman–Crippen LogP) is 5.36. The van der Waals surface area contributed by atoms with Crippen LogP contribution in [-0.4, -0.2) is 5.92 Å². The van der Waals surface area contributed by atoms with Gasteiger partial charge >= 0.3 is 0 Å². The largest absolute Gasteiger partial charge is 0.267 e. The fourth-order valence-electron chi connectivity index (χ4n) is 1.77. The van der Waals surface area contributed by atoms with Gasteiger partial charge in [-0.05, 0) is 30.8 Å². The fourth-order valence-corrected chi connectivity index (χ4v) is 1.77. The summed E-state index contributed by atoms with van der Waals surface area (Å²) >= 11 is 0. The van der Waals surface area contributed by atoms with E-state index >= 15 is 0 Å². The van der Waals surface area contributed by atoms with E-state index in [0.717, 1.165) is 18.9 Å². The normalized spacial score (nSPS) is 25.2. The van der Waals surface area contributed by atoms with Gasteiger partial charge in [-0.15, -0.1) is 0 Å². The molecule has 0 aromatic heterocycles. The molecule has 0 spiro atoms. The first kappa shape index (κ1) is 15.3. The molecule has 2 heteroatoms. The highest BCUT2D eigenvalue weighted by Crippen LogP contribution is 2.42. The summed E-state index contributed by atoms with van der Waals surface area (Å²) in [4.78, 5) is 0. The quantitative estimate of drug-likeness (QED) is 0.599. The Morgan fingerprint density at radius 3 is 2.25 bits per heavy atom. The lowest BCUT2D eigenvalue weighted by molar-refractivity contribution is 0.0528. The van der Waals surface area contributed by atoms with Gasteiger partial charge in [0.05, 0.1) is 0 Å². The van der Waals surface area contributed by atoms with Crippen molar-refractivity contribution in [2.45, 2.75) is 60.3 Å². The Hall–Kier alpha value is -0.660. The van der Waals surface area contributed by atoms with Crippen LogP contribution in [0.2, 0.25) is 0 Å². The van der Waals surface area contributed by atoms with Gasteiger partial charge in [0.15, 0.2) is 0 Å². The molecule has 94 valence electrons. The van der Waals surface area contributed by atoms with Crippen molar-refractivity contribution in [1.29, 1.82) is 0 Å². The van der Waals surface area contributed by atoms with E-state index in [1.807, 2.05) is 33.8 Å². The Morgan fingerprint density at radius 2 is 1.88 bits per heavy atom. The Morgan fingerprint density at radius 1 is 1.38 bits per heavy atom. The zero-order valence-electron chi connectivity index (χ0n) is 11.3. The summed E-state index contributed by atoms with van der Waals surface area (Å²) in [5, 5.41) is 0. The minimum atomic E-state index is -2.68.